The Morgan fingerprint density at radius 2 is 2.45 bits per heavy atom. The van der Waals surface area contributed by atoms with Gasteiger partial charge in [-0.3, -0.25) is 4.68 Å². The predicted octanol–water partition coefficient (Wildman–Crippen LogP) is 0.594. The largest absolute Gasteiger partial charge is 0.314 e. The predicted molar refractivity (Wildman–Crippen MR) is 41.3 cm³/mol. The fourth-order valence-corrected chi connectivity index (χ4v) is 0.894. The van der Waals surface area contributed by atoms with Gasteiger partial charge in [-0.2, -0.15) is 10.2 Å². The second-order valence-electron chi connectivity index (χ2n) is 2.50. The van der Waals surface area contributed by atoms with Crippen LogP contribution in [0, 0.1) is 0 Å². The molecule has 0 spiro atoms. The van der Waals surface area contributed by atoms with Crippen molar-refractivity contribution in [1.29, 1.82) is 0 Å². The smallest absolute Gasteiger partial charge is 0.0489 e. The summed E-state index contributed by atoms with van der Waals surface area (Å²) >= 11 is 0. The fourth-order valence-electron chi connectivity index (χ4n) is 0.894. The molecule has 1 aromatic heterocycles. The van der Waals surface area contributed by atoms with Gasteiger partial charge in [-0.25, -0.2) is 0 Å². The van der Waals surface area contributed by atoms with Crippen molar-refractivity contribution < 1.29 is 5.21 Å². The third kappa shape index (κ3) is 3.15. The highest BCUT2D eigenvalue weighted by Gasteiger charge is 1.92. The summed E-state index contributed by atoms with van der Waals surface area (Å²) in [7, 11) is 1.64. The van der Waals surface area contributed by atoms with Crippen LogP contribution in [0.1, 0.15) is 6.42 Å². The molecule has 0 atom stereocenters. The molecule has 4 nitrogen and oxygen atoms in total. The lowest BCUT2D eigenvalue weighted by Crippen LogP contribution is -2.15. The van der Waals surface area contributed by atoms with E-state index in [2.05, 4.69) is 5.10 Å². The van der Waals surface area contributed by atoms with Gasteiger partial charge in [-0.15, -0.1) is 0 Å². The van der Waals surface area contributed by atoms with E-state index in [-0.39, 0.29) is 0 Å². The van der Waals surface area contributed by atoms with E-state index in [1.165, 1.54) is 5.06 Å². The fraction of sp³-hybridized carbons (Fsp3) is 0.571. The highest BCUT2D eigenvalue weighted by Crippen LogP contribution is 1.89. The van der Waals surface area contributed by atoms with E-state index in [9.17, 15) is 0 Å². The Balaban J connectivity index is 2.14. The third-order valence-corrected chi connectivity index (χ3v) is 1.43. The van der Waals surface area contributed by atoms with Gasteiger partial charge in [0, 0.05) is 32.5 Å². The van der Waals surface area contributed by atoms with Crippen LogP contribution in [0.5, 0.6) is 0 Å². The van der Waals surface area contributed by atoms with Gasteiger partial charge < -0.3 is 5.21 Å². The zero-order chi connectivity index (χ0) is 8.10. The maximum atomic E-state index is 8.78. The average molecular weight is 155 g/mol. The van der Waals surface area contributed by atoms with Crippen LogP contribution in [-0.4, -0.2) is 33.6 Å². The first-order chi connectivity index (χ1) is 5.29. The van der Waals surface area contributed by atoms with E-state index in [0.717, 1.165) is 13.0 Å². The van der Waals surface area contributed by atoms with Gasteiger partial charge in [0.05, 0.1) is 0 Å². The van der Waals surface area contributed by atoms with Crippen LogP contribution in [0.15, 0.2) is 18.5 Å². The molecule has 4 heteroatoms. The van der Waals surface area contributed by atoms with E-state index in [1.807, 2.05) is 16.9 Å². The molecule has 0 amide bonds. The second-order valence-corrected chi connectivity index (χ2v) is 2.50. The lowest BCUT2D eigenvalue weighted by Gasteiger charge is -2.06. The van der Waals surface area contributed by atoms with Crippen LogP contribution in [0.25, 0.3) is 0 Å². The quantitative estimate of drug-likeness (QED) is 0.647. The summed E-state index contributed by atoms with van der Waals surface area (Å²) in [5.74, 6) is 0. The van der Waals surface area contributed by atoms with Crippen molar-refractivity contribution >= 4 is 0 Å². The monoisotopic (exact) mass is 155 g/mol. The standard InChI is InChI=1S/C7H13N3O/c1-9(11)5-3-7-10-6-2-4-8-10/h2,4,6,11H,3,5,7H2,1H3. The van der Waals surface area contributed by atoms with Gasteiger partial charge in [-0.1, -0.05) is 0 Å². The van der Waals surface area contributed by atoms with Crippen molar-refractivity contribution in [2.45, 2.75) is 13.0 Å². The number of rotatable bonds is 4. The molecular formula is C7H13N3O. The number of aryl methyl sites for hydroxylation is 1. The van der Waals surface area contributed by atoms with Crippen LogP contribution < -0.4 is 0 Å². The van der Waals surface area contributed by atoms with Gasteiger partial charge in [0.25, 0.3) is 0 Å². The molecule has 0 saturated carbocycles. The first-order valence-corrected chi connectivity index (χ1v) is 3.66. The Morgan fingerprint density at radius 3 is 3.00 bits per heavy atom. The Hall–Kier alpha value is -0.870. The van der Waals surface area contributed by atoms with Crippen molar-refractivity contribution in [2.75, 3.05) is 13.6 Å². The summed E-state index contributed by atoms with van der Waals surface area (Å²) in [4.78, 5) is 0. The Labute approximate surface area is 66.0 Å². The third-order valence-electron chi connectivity index (χ3n) is 1.43. The molecule has 0 fully saturated rings. The minimum absolute atomic E-state index is 0.680. The van der Waals surface area contributed by atoms with Crippen LogP contribution in [0.3, 0.4) is 0 Å². The molecule has 0 saturated heterocycles. The van der Waals surface area contributed by atoms with Gasteiger partial charge in [0.2, 0.25) is 0 Å². The molecule has 0 bridgehead atoms. The molecule has 1 rings (SSSR count). The Morgan fingerprint density at radius 1 is 1.64 bits per heavy atom. The van der Waals surface area contributed by atoms with Crippen LogP contribution in [0.4, 0.5) is 0 Å². The van der Waals surface area contributed by atoms with Crippen LogP contribution >= 0.6 is 0 Å². The molecule has 1 aromatic rings. The van der Waals surface area contributed by atoms with Crippen molar-refractivity contribution in [1.82, 2.24) is 14.8 Å². The number of nitrogens with zero attached hydrogens (tertiary/aromatic N) is 3. The molecule has 0 aliphatic rings. The number of hydrogen-bond donors (Lipinski definition) is 1. The summed E-state index contributed by atoms with van der Waals surface area (Å²) in [6.07, 6.45) is 4.58. The van der Waals surface area contributed by atoms with Crippen molar-refractivity contribution in [2.24, 2.45) is 0 Å². The van der Waals surface area contributed by atoms with Crippen LogP contribution in [-0.2, 0) is 6.54 Å². The SMILES string of the molecule is CN(O)CCCn1cccn1. The minimum atomic E-state index is 0.680. The zero-order valence-electron chi connectivity index (χ0n) is 6.64. The highest BCUT2D eigenvalue weighted by atomic mass is 16.5. The Kier molecular flexibility index (Phi) is 3.07. The summed E-state index contributed by atoms with van der Waals surface area (Å²) in [6.45, 7) is 1.54. The highest BCUT2D eigenvalue weighted by molar-refractivity contribution is 4.77. The molecule has 0 aliphatic carbocycles. The topological polar surface area (TPSA) is 41.3 Å². The molecule has 1 N–H and O–H groups in total. The average Bonchev–Trinajstić information content (AvgIpc) is 2.39. The maximum Gasteiger partial charge on any atom is 0.0489 e. The number of hydroxylamine groups is 2. The minimum Gasteiger partial charge on any atom is -0.314 e. The van der Waals surface area contributed by atoms with E-state index in [4.69, 9.17) is 5.21 Å². The molecule has 0 unspecified atom stereocenters. The number of hydrogen-bond acceptors (Lipinski definition) is 3. The maximum absolute atomic E-state index is 8.78. The molecule has 11 heavy (non-hydrogen) atoms. The van der Waals surface area contributed by atoms with Gasteiger partial charge in [0.1, 0.15) is 0 Å². The molecule has 62 valence electrons. The van der Waals surface area contributed by atoms with E-state index >= 15 is 0 Å². The summed E-state index contributed by atoms with van der Waals surface area (Å²) in [5, 5.41) is 14.0. The second kappa shape index (κ2) is 4.10. The molecule has 1 heterocycles. The van der Waals surface area contributed by atoms with E-state index in [1.54, 1.807) is 13.2 Å². The van der Waals surface area contributed by atoms with Gasteiger partial charge in [0.15, 0.2) is 0 Å². The van der Waals surface area contributed by atoms with E-state index in [0.29, 0.717) is 6.54 Å². The Bertz CT molecular complexity index is 184. The van der Waals surface area contributed by atoms with Gasteiger partial charge in [-0.05, 0) is 12.5 Å². The summed E-state index contributed by atoms with van der Waals surface area (Å²) in [6, 6.07) is 1.89. The molecule has 0 aliphatic heterocycles. The molecule has 0 radical (unpaired) electrons. The first kappa shape index (κ1) is 8.23. The summed E-state index contributed by atoms with van der Waals surface area (Å²) < 4.78 is 1.85. The van der Waals surface area contributed by atoms with Crippen molar-refractivity contribution in [3.05, 3.63) is 18.5 Å². The molecular weight excluding hydrogens is 142 g/mol. The zero-order valence-corrected chi connectivity index (χ0v) is 6.64. The van der Waals surface area contributed by atoms with Gasteiger partial charge >= 0.3 is 0 Å². The van der Waals surface area contributed by atoms with Crippen LogP contribution in [0.2, 0.25) is 0 Å². The normalized spacial score (nSPS) is 10.8. The van der Waals surface area contributed by atoms with Crippen molar-refractivity contribution in [3.63, 3.8) is 0 Å². The van der Waals surface area contributed by atoms with E-state index < -0.39 is 0 Å². The number of aromatic nitrogens is 2. The lowest BCUT2D eigenvalue weighted by molar-refractivity contribution is -0.0660. The molecule has 0 aromatic carbocycles. The first-order valence-electron chi connectivity index (χ1n) is 3.66. The lowest BCUT2D eigenvalue weighted by atomic mass is 10.4. The summed E-state index contributed by atoms with van der Waals surface area (Å²) in [5.41, 5.74) is 0. The van der Waals surface area contributed by atoms with Crippen molar-refractivity contribution in [3.8, 4) is 0 Å².